The van der Waals surface area contributed by atoms with E-state index in [0.717, 1.165) is 36.3 Å². The van der Waals surface area contributed by atoms with Gasteiger partial charge in [-0.1, -0.05) is 6.07 Å². The molecule has 2 aromatic rings. The summed E-state index contributed by atoms with van der Waals surface area (Å²) in [4.78, 5) is 12.2. The maximum absolute atomic E-state index is 12.2. The van der Waals surface area contributed by atoms with Crippen molar-refractivity contribution in [2.45, 2.75) is 38.6 Å². The van der Waals surface area contributed by atoms with E-state index in [4.69, 9.17) is 5.73 Å². The lowest BCUT2D eigenvalue weighted by molar-refractivity contribution is -0.121. The normalized spacial score (nSPS) is 16.5. The van der Waals surface area contributed by atoms with Crippen molar-refractivity contribution in [1.82, 2.24) is 15.5 Å². The first-order valence-corrected chi connectivity index (χ1v) is 7.30. The fourth-order valence-corrected chi connectivity index (χ4v) is 2.96. The Morgan fingerprint density at radius 2 is 2.27 bits per heavy atom. The number of nitrogens with zero attached hydrogens (tertiary/aromatic N) is 1. The fraction of sp³-hybridized carbons (Fsp3) is 0.375. The Morgan fingerprint density at radius 3 is 3.00 bits per heavy atom. The first-order valence-electron chi connectivity index (χ1n) is 7.30. The number of hydrogen-bond acceptors (Lipinski definition) is 3. The summed E-state index contributed by atoms with van der Waals surface area (Å²) in [5, 5.41) is 10.1. The molecule has 0 saturated heterocycles. The van der Waals surface area contributed by atoms with E-state index in [1.54, 1.807) is 0 Å². The molecule has 3 rings (SSSR count). The van der Waals surface area contributed by atoms with Crippen LogP contribution in [0.5, 0.6) is 0 Å². The highest BCUT2D eigenvalue weighted by molar-refractivity contribution is 5.85. The number of anilines is 1. The average Bonchev–Trinajstić information content (AvgIpc) is 2.83. The summed E-state index contributed by atoms with van der Waals surface area (Å²) in [5.74, 6) is 0.0103. The highest BCUT2D eigenvalue weighted by atomic mass is 35.5. The van der Waals surface area contributed by atoms with Gasteiger partial charge in [-0.05, 0) is 55.5 Å². The van der Waals surface area contributed by atoms with Crippen LogP contribution in [0.3, 0.4) is 0 Å². The van der Waals surface area contributed by atoms with E-state index in [-0.39, 0.29) is 24.4 Å². The minimum atomic E-state index is 0. The Labute approximate surface area is 136 Å². The molecule has 1 aliphatic rings. The van der Waals surface area contributed by atoms with Crippen LogP contribution in [0.25, 0.3) is 0 Å². The summed E-state index contributed by atoms with van der Waals surface area (Å²) in [7, 11) is 0. The number of aromatic amines is 1. The Morgan fingerprint density at radius 1 is 1.45 bits per heavy atom. The molecule has 6 heteroatoms. The van der Waals surface area contributed by atoms with Crippen LogP contribution in [-0.2, 0) is 17.6 Å². The molecular weight excluding hydrogens is 300 g/mol. The van der Waals surface area contributed by atoms with E-state index in [1.807, 2.05) is 31.2 Å². The number of nitrogens with one attached hydrogen (secondary N) is 2. The predicted molar refractivity (Wildman–Crippen MR) is 89.0 cm³/mol. The zero-order valence-corrected chi connectivity index (χ0v) is 13.4. The molecule has 1 amide bonds. The summed E-state index contributed by atoms with van der Waals surface area (Å²) in [6.07, 6.45) is 3.39. The number of halogens is 1. The number of rotatable bonds is 3. The lowest BCUT2D eigenvalue weighted by Gasteiger charge is -2.26. The molecule has 1 unspecified atom stereocenters. The van der Waals surface area contributed by atoms with E-state index >= 15 is 0 Å². The summed E-state index contributed by atoms with van der Waals surface area (Å²) < 4.78 is 0. The van der Waals surface area contributed by atoms with E-state index in [1.165, 1.54) is 11.1 Å². The van der Waals surface area contributed by atoms with Gasteiger partial charge in [-0.25, -0.2) is 0 Å². The molecule has 0 bridgehead atoms. The van der Waals surface area contributed by atoms with E-state index in [9.17, 15) is 4.79 Å². The number of amides is 1. The molecule has 1 aromatic heterocycles. The first kappa shape index (κ1) is 16.4. The molecule has 118 valence electrons. The summed E-state index contributed by atoms with van der Waals surface area (Å²) in [6.45, 7) is 1.93. The second kappa shape index (κ2) is 6.83. The van der Waals surface area contributed by atoms with Crippen molar-refractivity contribution in [3.05, 3.63) is 46.8 Å². The second-order valence-corrected chi connectivity index (χ2v) is 5.69. The Bertz CT molecular complexity index is 668. The molecular formula is C16H21ClN4O. The average molecular weight is 321 g/mol. The van der Waals surface area contributed by atoms with Gasteiger partial charge in [0.25, 0.3) is 0 Å². The summed E-state index contributed by atoms with van der Waals surface area (Å²) in [6, 6.07) is 7.94. The fourth-order valence-electron chi connectivity index (χ4n) is 2.96. The predicted octanol–water partition coefficient (Wildman–Crippen LogP) is 2.46. The molecule has 0 saturated carbocycles. The van der Waals surface area contributed by atoms with E-state index < -0.39 is 0 Å². The third kappa shape index (κ3) is 3.60. The topological polar surface area (TPSA) is 83.8 Å². The lowest BCUT2D eigenvalue weighted by Crippen LogP contribution is -2.32. The zero-order valence-electron chi connectivity index (χ0n) is 12.6. The molecule has 4 N–H and O–H groups in total. The highest BCUT2D eigenvalue weighted by Crippen LogP contribution is 2.30. The van der Waals surface area contributed by atoms with Crippen molar-refractivity contribution in [2.75, 3.05) is 5.73 Å². The number of aromatic nitrogens is 2. The van der Waals surface area contributed by atoms with Crippen LogP contribution < -0.4 is 11.1 Å². The first-order chi connectivity index (χ1) is 10.1. The van der Waals surface area contributed by atoms with Crippen molar-refractivity contribution < 1.29 is 4.79 Å². The highest BCUT2D eigenvalue weighted by Gasteiger charge is 2.22. The smallest absolute Gasteiger partial charge is 0.226 e. The number of nitrogens with two attached hydrogens (primary N) is 1. The lowest BCUT2D eigenvalue weighted by atomic mass is 9.87. The summed E-state index contributed by atoms with van der Waals surface area (Å²) in [5.41, 5.74) is 10.8. The molecule has 0 radical (unpaired) electrons. The van der Waals surface area contributed by atoms with Gasteiger partial charge in [0, 0.05) is 11.4 Å². The number of fused-ring (bicyclic) bond motifs is 1. The Hall–Kier alpha value is -2.01. The monoisotopic (exact) mass is 320 g/mol. The van der Waals surface area contributed by atoms with Crippen LogP contribution in [0.15, 0.2) is 24.3 Å². The van der Waals surface area contributed by atoms with Crippen molar-refractivity contribution in [3.63, 3.8) is 0 Å². The molecule has 0 fully saturated rings. The summed E-state index contributed by atoms with van der Waals surface area (Å²) >= 11 is 0. The van der Waals surface area contributed by atoms with Gasteiger partial charge in [-0.3, -0.25) is 9.89 Å². The molecule has 1 heterocycles. The zero-order chi connectivity index (χ0) is 14.8. The number of benzene rings is 1. The number of nitrogen functional groups attached to an aromatic ring is 1. The van der Waals surface area contributed by atoms with Crippen LogP contribution >= 0.6 is 12.4 Å². The largest absolute Gasteiger partial charge is 0.399 e. The molecule has 0 spiro atoms. The van der Waals surface area contributed by atoms with Crippen molar-refractivity contribution in [3.8, 4) is 0 Å². The molecule has 22 heavy (non-hydrogen) atoms. The maximum Gasteiger partial charge on any atom is 0.226 e. The van der Waals surface area contributed by atoms with E-state index in [0.29, 0.717) is 6.42 Å². The van der Waals surface area contributed by atoms with E-state index in [2.05, 4.69) is 15.5 Å². The van der Waals surface area contributed by atoms with Crippen molar-refractivity contribution >= 4 is 24.0 Å². The SMILES string of the molecule is Cc1cc(CC(=O)NC2CCCc3cc(N)ccc32)n[nH]1.Cl. The van der Waals surface area contributed by atoms with Gasteiger partial charge < -0.3 is 11.1 Å². The quantitative estimate of drug-likeness (QED) is 0.760. The van der Waals surface area contributed by atoms with Crippen LogP contribution in [0, 0.1) is 6.92 Å². The number of aryl methyl sites for hydroxylation is 2. The standard InChI is InChI=1S/C16H20N4O.ClH/c1-10-7-13(20-19-10)9-16(21)18-15-4-2-3-11-8-12(17)5-6-14(11)15;/h5-8,15H,2-4,9,17H2,1H3,(H,18,21)(H,19,20);1H. The molecule has 0 aliphatic heterocycles. The molecule has 1 aromatic carbocycles. The Kier molecular flexibility index (Phi) is 5.08. The van der Waals surface area contributed by atoms with Gasteiger partial charge >= 0.3 is 0 Å². The van der Waals surface area contributed by atoms with Crippen LogP contribution in [0.4, 0.5) is 5.69 Å². The van der Waals surface area contributed by atoms with Gasteiger partial charge in [0.2, 0.25) is 5.91 Å². The van der Waals surface area contributed by atoms with Crippen molar-refractivity contribution in [1.29, 1.82) is 0 Å². The number of hydrogen-bond donors (Lipinski definition) is 3. The van der Waals surface area contributed by atoms with Gasteiger partial charge in [0.05, 0.1) is 18.2 Å². The minimum Gasteiger partial charge on any atom is -0.399 e. The second-order valence-electron chi connectivity index (χ2n) is 5.69. The Balaban J connectivity index is 0.00000176. The third-order valence-electron chi connectivity index (χ3n) is 3.92. The van der Waals surface area contributed by atoms with Crippen LogP contribution in [0.1, 0.15) is 41.4 Å². The van der Waals surface area contributed by atoms with Gasteiger partial charge in [-0.2, -0.15) is 5.10 Å². The van der Waals surface area contributed by atoms with Gasteiger partial charge in [0.15, 0.2) is 0 Å². The minimum absolute atomic E-state index is 0. The van der Waals surface area contributed by atoms with Gasteiger partial charge in [-0.15, -0.1) is 12.4 Å². The number of carbonyl (C=O) groups is 1. The van der Waals surface area contributed by atoms with Crippen LogP contribution in [0.2, 0.25) is 0 Å². The van der Waals surface area contributed by atoms with Gasteiger partial charge in [0.1, 0.15) is 0 Å². The van der Waals surface area contributed by atoms with Crippen molar-refractivity contribution in [2.24, 2.45) is 0 Å². The number of H-pyrrole nitrogens is 1. The number of carbonyl (C=O) groups excluding carboxylic acids is 1. The molecule has 5 nitrogen and oxygen atoms in total. The third-order valence-corrected chi connectivity index (χ3v) is 3.92. The molecule has 1 aliphatic carbocycles. The molecule has 1 atom stereocenters. The van der Waals surface area contributed by atoms with Crippen LogP contribution in [-0.4, -0.2) is 16.1 Å². The maximum atomic E-state index is 12.2.